The van der Waals surface area contributed by atoms with E-state index in [1.54, 1.807) is 11.3 Å². The van der Waals surface area contributed by atoms with E-state index in [4.69, 9.17) is 4.98 Å². The summed E-state index contributed by atoms with van der Waals surface area (Å²) in [6, 6.07) is 14.7. The fourth-order valence-corrected chi connectivity index (χ4v) is 2.89. The summed E-state index contributed by atoms with van der Waals surface area (Å²) in [5.74, 6) is 0. The molecule has 0 aliphatic rings. The minimum atomic E-state index is 0.907. The highest BCUT2D eigenvalue weighted by molar-refractivity contribution is 7.13. The molecule has 0 aliphatic heterocycles. The van der Waals surface area contributed by atoms with Gasteiger partial charge in [0.1, 0.15) is 0 Å². The first-order chi connectivity index (χ1) is 8.86. The summed E-state index contributed by atoms with van der Waals surface area (Å²) in [5.41, 5.74) is 3.42. The van der Waals surface area contributed by atoms with Crippen molar-refractivity contribution in [3.63, 3.8) is 0 Å². The second kappa shape index (κ2) is 4.88. The summed E-state index contributed by atoms with van der Waals surface area (Å²) in [6.45, 7) is 0.907. The van der Waals surface area contributed by atoms with Gasteiger partial charge in [0.05, 0.1) is 16.1 Å². The lowest BCUT2D eigenvalue weighted by atomic mass is 10.2. The van der Waals surface area contributed by atoms with Crippen molar-refractivity contribution in [3.05, 3.63) is 53.4 Å². The third-order valence-electron chi connectivity index (χ3n) is 2.89. The van der Waals surface area contributed by atoms with Gasteiger partial charge in [-0.3, -0.25) is 0 Å². The summed E-state index contributed by atoms with van der Waals surface area (Å²) < 4.78 is 0. The third kappa shape index (κ3) is 2.15. The standard InChI is InChI=1S/C15H14N2S/c1-16-9-11-8-15(18-10-11)14-7-6-12-4-2-3-5-13(12)17-14/h2-8,10,16H,9H2,1H3. The van der Waals surface area contributed by atoms with Crippen LogP contribution in [0.5, 0.6) is 0 Å². The van der Waals surface area contributed by atoms with Crippen molar-refractivity contribution < 1.29 is 0 Å². The fourth-order valence-electron chi connectivity index (χ4n) is 2.01. The van der Waals surface area contributed by atoms with Crippen LogP contribution in [0.15, 0.2) is 47.8 Å². The quantitative estimate of drug-likeness (QED) is 0.771. The Morgan fingerprint density at radius 2 is 2.06 bits per heavy atom. The van der Waals surface area contributed by atoms with Gasteiger partial charge >= 0.3 is 0 Å². The molecule has 0 amide bonds. The van der Waals surface area contributed by atoms with Crippen LogP contribution in [-0.4, -0.2) is 12.0 Å². The largest absolute Gasteiger partial charge is 0.316 e. The number of pyridine rings is 1. The van der Waals surface area contributed by atoms with E-state index in [0.717, 1.165) is 17.8 Å². The van der Waals surface area contributed by atoms with Crippen molar-refractivity contribution in [2.45, 2.75) is 6.54 Å². The van der Waals surface area contributed by atoms with Gasteiger partial charge in [0.15, 0.2) is 0 Å². The molecule has 0 radical (unpaired) electrons. The minimum absolute atomic E-state index is 0.907. The van der Waals surface area contributed by atoms with Gasteiger partial charge in [-0.1, -0.05) is 24.3 Å². The van der Waals surface area contributed by atoms with Crippen LogP contribution in [0.1, 0.15) is 5.56 Å². The maximum atomic E-state index is 4.71. The zero-order valence-electron chi connectivity index (χ0n) is 10.2. The minimum Gasteiger partial charge on any atom is -0.316 e. The number of nitrogens with zero attached hydrogens (tertiary/aromatic N) is 1. The highest BCUT2D eigenvalue weighted by Crippen LogP contribution is 2.27. The fraction of sp³-hybridized carbons (Fsp3) is 0.133. The number of rotatable bonds is 3. The van der Waals surface area contributed by atoms with Gasteiger partial charge in [0.25, 0.3) is 0 Å². The molecule has 0 saturated heterocycles. The van der Waals surface area contributed by atoms with Gasteiger partial charge in [-0.05, 0) is 36.2 Å². The monoisotopic (exact) mass is 254 g/mol. The van der Waals surface area contributed by atoms with E-state index in [2.05, 4.69) is 41.0 Å². The van der Waals surface area contributed by atoms with Crippen molar-refractivity contribution in [2.24, 2.45) is 0 Å². The van der Waals surface area contributed by atoms with Gasteiger partial charge < -0.3 is 5.32 Å². The predicted octanol–water partition coefficient (Wildman–Crippen LogP) is 3.68. The molecular formula is C15H14N2S. The van der Waals surface area contributed by atoms with Crippen molar-refractivity contribution >= 4 is 22.2 Å². The first-order valence-corrected chi connectivity index (χ1v) is 6.83. The molecule has 0 atom stereocenters. The molecule has 1 aromatic carbocycles. The number of benzene rings is 1. The highest BCUT2D eigenvalue weighted by Gasteiger charge is 2.04. The van der Waals surface area contributed by atoms with Crippen LogP contribution in [0.4, 0.5) is 0 Å². The first kappa shape index (κ1) is 11.4. The van der Waals surface area contributed by atoms with Crippen LogP contribution >= 0.6 is 11.3 Å². The average molecular weight is 254 g/mol. The summed E-state index contributed by atoms with van der Waals surface area (Å²) in [7, 11) is 1.96. The van der Waals surface area contributed by atoms with Crippen LogP contribution < -0.4 is 5.32 Å². The van der Waals surface area contributed by atoms with E-state index in [1.807, 2.05) is 19.2 Å². The normalized spacial score (nSPS) is 10.9. The summed E-state index contributed by atoms with van der Waals surface area (Å²) in [6.07, 6.45) is 0. The molecule has 0 unspecified atom stereocenters. The number of para-hydroxylation sites is 1. The highest BCUT2D eigenvalue weighted by atomic mass is 32.1. The summed E-state index contributed by atoms with van der Waals surface area (Å²) in [5, 5.41) is 6.54. The lowest BCUT2D eigenvalue weighted by Crippen LogP contribution is -2.03. The third-order valence-corrected chi connectivity index (χ3v) is 3.89. The zero-order chi connectivity index (χ0) is 12.4. The molecule has 2 nitrogen and oxygen atoms in total. The Hall–Kier alpha value is -1.71. The maximum absolute atomic E-state index is 4.71. The van der Waals surface area contributed by atoms with Crippen molar-refractivity contribution in [3.8, 4) is 10.6 Å². The Kier molecular flexibility index (Phi) is 3.09. The van der Waals surface area contributed by atoms with E-state index in [1.165, 1.54) is 15.8 Å². The average Bonchev–Trinajstić information content (AvgIpc) is 2.87. The molecule has 0 saturated carbocycles. The molecule has 2 heterocycles. The molecular weight excluding hydrogens is 240 g/mol. The number of aromatic nitrogens is 1. The number of thiophene rings is 1. The molecule has 3 heteroatoms. The molecule has 2 aromatic heterocycles. The van der Waals surface area contributed by atoms with Gasteiger partial charge in [-0.15, -0.1) is 11.3 Å². The van der Waals surface area contributed by atoms with E-state index in [-0.39, 0.29) is 0 Å². The van der Waals surface area contributed by atoms with Gasteiger partial charge in [0, 0.05) is 11.9 Å². The Bertz CT molecular complexity index is 673. The smallest absolute Gasteiger partial charge is 0.0809 e. The Morgan fingerprint density at radius 1 is 1.17 bits per heavy atom. The van der Waals surface area contributed by atoms with Crippen LogP contribution in [-0.2, 0) is 6.54 Å². The topological polar surface area (TPSA) is 24.9 Å². The molecule has 18 heavy (non-hydrogen) atoms. The SMILES string of the molecule is CNCc1csc(-c2ccc3ccccc3n2)c1. The Morgan fingerprint density at radius 3 is 2.94 bits per heavy atom. The van der Waals surface area contributed by atoms with Crippen LogP contribution in [0.25, 0.3) is 21.5 Å². The lowest BCUT2D eigenvalue weighted by Gasteiger charge is -2.00. The van der Waals surface area contributed by atoms with Crippen molar-refractivity contribution in [1.82, 2.24) is 10.3 Å². The van der Waals surface area contributed by atoms with E-state index < -0.39 is 0 Å². The number of nitrogens with one attached hydrogen (secondary N) is 1. The molecule has 0 spiro atoms. The Labute approximate surface area is 110 Å². The number of hydrogen-bond donors (Lipinski definition) is 1. The van der Waals surface area contributed by atoms with Crippen LogP contribution in [0, 0.1) is 0 Å². The van der Waals surface area contributed by atoms with E-state index in [0.29, 0.717) is 0 Å². The van der Waals surface area contributed by atoms with E-state index in [9.17, 15) is 0 Å². The van der Waals surface area contributed by atoms with Crippen molar-refractivity contribution in [2.75, 3.05) is 7.05 Å². The predicted molar refractivity (Wildman–Crippen MR) is 77.8 cm³/mol. The van der Waals surface area contributed by atoms with Gasteiger partial charge in [-0.25, -0.2) is 4.98 Å². The first-order valence-electron chi connectivity index (χ1n) is 5.95. The molecule has 1 N–H and O–H groups in total. The maximum Gasteiger partial charge on any atom is 0.0809 e. The van der Waals surface area contributed by atoms with Crippen LogP contribution in [0.2, 0.25) is 0 Å². The van der Waals surface area contributed by atoms with Crippen molar-refractivity contribution in [1.29, 1.82) is 0 Å². The second-order valence-electron chi connectivity index (χ2n) is 4.24. The molecule has 0 aliphatic carbocycles. The van der Waals surface area contributed by atoms with Crippen LogP contribution in [0.3, 0.4) is 0 Å². The lowest BCUT2D eigenvalue weighted by molar-refractivity contribution is 0.821. The molecule has 0 bridgehead atoms. The number of hydrogen-bond acceptors (Lipinski definition) is 3. The summed E-state index contributed by atoms with van der Waals surface area (Å²) >= 11 is 1.75. The second-order valence-corrected chi connectivity index (χ2v) is 5.15. The molecule has 90 valence electrons. The van der Waals surface area contributed by atoms with Gasteiger partial charge in [0.2, 0.25) is 0 Å². The van der Waals surface area contributed by atoms with E-state index >= 15 is 0 Å². The molecule has 3 aromatic rings. The molecule has 3 rings (SSSR count). The Balaban J connectivity index is 2.02. The number of fused-ring (bicyclic) bond motifs is 1. The van der Waals surface area contributed by atoms with Gasteiger partial charge in [-0.2, -0.15) is 0 Å². The summed E-state index contributed by atoms with van der Waals surface area (Å²) in [4.78, 5) is 5.94. The molecule has 0 fully saturated rings. The zero-order valence-corrected chi connectivity index (χ0v) is 11.0.